The quantitative estimate of drug-likeness (QED) is 0.863. The second kappa shape index (κ2) is 4.96. The Hall–Kier alpha value is -1.36. The lowest BCUT2D eigenvalue weighted by atomic mass is 10.2. The van der Waals surface area contributed by atoms with E-state index in [4.69, 9.17) is 0 Å². The Kier molecular flexibility index (Phi) is 3.67. The van der Waals surface area contributed by atoms with Gasteiger partial charge in [-0.25, -0.2) is 12.8 Å². The molecule has 0 aliphatic rings. The molecule has 0 bridgehead atoms. The molecule has 2 aromatic rings. The van der Waals surface area contributed by atoms with Gasteiger partial charge < -0.3 is 4.57 Å². The molecule has 0 N–H and O–H groups in total. The van der Waals surface area contributed by atoms with Crippen LogP contribution in [0, 0.1) is 5.82 Å². The Morgan fingerprint density at radius 1 is 1.32 bits per heavy atom. The summed E-state index contributed by atoms with van der Waals surface area (Å²) in [6, 6.07) is 4.99. The summed E-state index contributed by atoms with van der Waals surface area (Å²) in [5, 5.41) is 0.424. The van der Waals surface area contributed by atoms with Crippen molar-refractivity contribution in [1.29, 1.82) is 0 Å². The minimum absolute atomic E-state index is 0.0653. The van der Waals surface area contributed by atoms with Crippen molar-refractivity contribution in [3.63, 3.8) is 0 Å². The molecule has 1 aromatic carbocycles. The Labute approximate surface area is 113 Å². The van der Waals surface area contributed by atoms with Crippen LogP contribution < -0.4 is 0 Å². The Morgan fingerprint density at radius 3 is 2.58 bits per heavy atom. The Balaban J connectivity index is 2.68. The molecular weight excluding hydrogens is 265 g/mol. The summed E-state index contributed by atoms with van der Waals surface area (Å²) in [5.41, 5.74) is 1.29. The molecule has 0 saturated heterocycles. The number of sulfone groups is 1. The van der Waals surface area contributed by atoms with Crippen LogP contribution in [-0.2, 0) is 15.6 Å². The number of aromatic nitrogens is 1. The fourth-order valence-corrected chi connectivity index (χ4v) is 3.12. The van der Waals surface area contributed by atoms with Crippen molar-refractivity contribution in [2.45, 2.75) is 32.6 Å². The highest BCUT2D eigenvalue weighted by atomic mass is 32.2. The molecule has 2 rings (SSSR count). The van der Waals surface area contributed by atoms with Gasteiger partial charge in [0.1, 0.15) is 5.82 Å². The third-order valence-electron chi connectivity index (χ3n) is 3.26. The first kappa shape index (κ1) is 14.1. The predicted octanol–water partition coefficient (Wildman–Crippen LogP) is 3.30. The van der Waals surface area contributed by atoms with Crippen molar-refractivity contribution in [3.8, 4) is 0 Å². The van der Waals surface area contributed by atoms with E-state index in [0.29, 0.717) is 10.9 Å². The summed E-state index contributed by atoms with van der Waals surface area (Å²) in [5.74, 6) is -0.408. The number of fused-ring (bicyclic) bond motifs is 1. The van der Waals surface area contributed by atoms with Crippen molar-refractivity contribution in [3.05, 3.63) is 35.8 Å². The van der Waals surface area contributed by atoms with E-state index >= 15 is 0 Å². The van der Waals surface area contributed by atoms with Crippen LogP contribution in [0.1, 0.15) is 32.4 Å². The number of benzene rings is 1. The van der Waals surface area contributed by atoms with Crippen LogP contribution in [0.3, 0.4) is 0 Å². The topological polar surface area (TPSA) is 39.1 Å². The minimum atomic E-state index is -3.17. The first-order chi connectivity index (χ1) is 8.85. The normalized spacial score (nSPS) is 12.5. The highest BCUT2D eigenvalue weighted by Crippen LogP contribution is 2.28. The third kappa shape index (κ3) is 2.66. The van der Waals surface area contributed by atoms with E-state index < -0.39 is 9.84 Å². The molecule has 0 spiro atoms. The predicted molar refractivity (Wildman–Crippen MR) is 75.4 cm³/mol. The van der Waals surface area contributed by atoms with Gasteiger partial charge in [0.2, 0.25) is 0 Å². The second-order valence-corrected chi connectivity index (χ2v) is 7.32. The molecule has 0 radical (unpaired) electrons. The molecule has 19 heavy (non-hydrogen) atoms. The van der Waals surface area contributed by atoms with Gasteiger partial charge in [0.25, 0.3) is 0 Å². The van der Waals surface area contributed by atoms with E-state index in [2.05, 4.69) is 0 Å². The molecule has 0 saturated carbocycles. The largest absolute Gasteiger partial charge is 0.345 e. The van der Waals surface area contributed by atoms with Crippen molar-refractivity contribution in [2.24, 2.45) is 0 Å². The van der Waals surface area contributed by atoms with E-state index in [-0.39, 0.29) is 23.4 Å². The van der Waals surface area contributed by atoms with Crippen LogP contribution in [0.2, 0.25) is 0 Å². The zero-order valence-corrected chi connectivity index (χ0v) is 12.2. The van der Waals surface area contributed by atoms with Gasteiger partial charge in [-0.15, -0.1) is 0 Å². The molecule has 0 unspecified atom stereocenters. The molecule has 1 heterocycles. The highest BCUT2D eigenvalue weighted by Gasteiger charge is 2.18. The molecule has 0 atom stereocenters. The van der Waals surface area contributed by atoms with Gasteiger partial charge >= 0.3 is 0 Å². The standard InChI is InChI=1S/C14H18FNO2S/c1-4-19(17,18)9-11-8-16(10(2)3)13-7-5-6-12(15)14(11)13/h5-8,10H,4,9H2,1-3H3. The number of hydrogen-bond acceptors (Lipinski definition) is 2. The van der Waals surface area contributed by atoms with Gasteiger partial charge in [0.05, 0.1) is 11.3 Å². The van der Waals surface area contributed by atoms with Crippen molar-refractivity contribution < 1.29 is 12.8 Å². The number of nitrogens with zero attached hydrogens (tertiary/aromatic N) is 1. The summed E-state index contributed by atoms with van der Waals surface area (Å²) >= 11 is 0. The van der Waals surface area contributed by atoms with Crippen LogP contribution in [0.4, 0.5) is 4.39 Å². The van der Waals surface area contributed by atoms with Gasteiger partial charge in [-0.1, -0.05) is 13.0 Å². The van der Waals surface area contributed by atoms with Crippen LogP contribution in [0.15, 0.2) is 24.4 Å². The monoisotopic (exact) mass is 283 g/mol. The van der Waals surface area contributed by atoms with Gasteiger partial charge in [-0.2, -0.15) is 0 Å². The van der Waals surface area contributed by atoms with Crippen LogP contribution in [-0.4, -0.2) is 18.7 Å². The SMILES string of the molecule is CCS(=O)(=O)Cc1cn(C(C)C)c2cccc(F)c12. The molecule has 3 nitrogen and oxygen atoms in total. The maximum Gasteiger partial charge on any atom is 0.154 e. The highest BCUT2D eigenvalue weighted by molar-refractivity contribution is 7.90. The molecule has 0 amide bonds. The molecule has 104 valence electrons. The minimum Gasteiger partial charge on any atom is -0.345 e. The Morgan fingerprint density at radius 2 is 2.00 bits per heavy atom. The molecular formula is C14H18FNO2S. The van der Waals surface area contributed by atoms with Crippen molar-refractivity contribution in [1.82, 2.24) is 4.57 Å². The van der Waals surface area contributed by atoms with E-state index in [1.165, 1.54) is 6.07 Å². The summed E-state index contributed by atoms with van der Waals surface area (Å²) in [7, 11) is -3.17. The molecule has 1 aromatic heterocycles. The van der Waals surface area contributed by atoms with E-state index in [1.807, 2.05) is 24.5 Å². The van der Waals surface area contributed by atoms with Gasteiger partial charge in [0, 0.05) is 23.4 Å². The first-order valence-electron chi connectivity index (χ1n) is 6.34. The number of rotatable bonds is 4. The Bertz CT molecular complexity index is 702. The van der Waals surface area contributed by atoms with E-state index in [0.717, 1.165) is 5.52 Å². The zero-order chi connectivity index (χ0) is 14.2. The lowest BCUT2D eigenvalue weighted by Gasteiger charge is -2.08. The summed E-state index contributed by atoms with van der Waals surface area (Å²) in [4.78, 5) is 0. The van der Waals surface area contributed by atoms with Crippen LogP contribution >= 0.6 is 0 Å². The summed E-state index contributed by atoms with van der Waals surface area (Å²) in [6.07, 6.45) is 1.76. The average Bonchev–Trinajstić information content (AvgIpc) is 2.69. The first-order valence-corrected chi connectivity index (χ1v) is 8.16. The second-order valence-electron chi connectivity index (χ2n) is 4.97. The number of hydrogen-bond donors (Lipinski definition) is 0. The van der Waals surface area contributed by atoms with Crippen molar-refractivity contribution >= 4 is 20.7 Å². The maximum atomic E-state index is 14.0. The fourth-order valence-electron chi connectivity index (χ4n) is 2.22. The summed E-state index contributed by atoms with van der Waals surface area (Å²) in [6.45, 7) is 5.58. The van der Waals surface area contributed by atoms with Crippen LogP contribution in [0.5, 0.6) is 0 Å². The smallest absolute Gasteiger partial charge is 0.154 e. The fraction of sp³-hybridized carbons (Fsp3) is 0.429. The van der Waals surface area contributed by atoms with Crippen LogP contribution in [0.25, 0.3) is 10.9 Å². The maximum absolute atomic E-state index is 14.0. The van der Waals surface area contributed by atoms with Crippen molar-refractivity contribution in [2.75, 3.05) is 5.75 Å². The third-order valence-corrected chi connectivity index (χ3v) is 4.89. The zero-order valence-electron chi connectivity index (χ0n) is 11.4. The van der Waals surface area contributed by atoms with E-state index in [1.54, 1.807) is 19.2 Å². The van der Waals surface area contributed by atoms with E-state index in [9.17, 15) is 12.8 Å². The molecule has 0 aliphatic carbocycles. The lowest BCUT2D eigenvalue weighted by molar-refractivity contribution is 0.595. The van der Waals surface area contributed by atoms with Gasteiger partial charge in [-0.05, 0) is 31.5 Å². The number of halogens is 1. The lowest BCUT2D eigenvalue weighted by Crippen LogP contribution is -2.06. The average molecular weight is 283 g/mol. The molecule has 0 fully saturated rings. The van der Waals surface area contributed by atoms with Gasteiger partial charge in [0.15, 0.2) is 9.84 Å². The van der Waals surface area contributed by atoms with Gasteiger partial charge in [-0.3, -0.25) is 0 Å². The molecule has 0 aliphatic heterocycles. The summed E-state index contributed by atoms with van der Waals surface area (Å²) < 4.78 is 39.5. The molecule has 5 heteroatoms.